The summed E-state index contributed by atoms with van der Waals surface area (Å²) in [6.45, 7) is 4.71. The summed E-state index contributed by atoms with van der Waals surface area (Å²) in [5.41, 5.74) is 6.99. The van der Waals surface area contributed by atoms with Crippen LogP contribution in [0.3, 0.4) is 0 Å². The molecule has 2 N–H and O–H groups in total. The topological polar surface area (TPSA) is 47.6 Å². The van der Waals surface area contributed by atoms with Crippen LogP contribution >= 0.6 is 0 Å². The highest BCUT2D eigenvalue weighted by Gasteiger charge is 2.07. The molecule has 0 aliphatic heterocycles. The van der Waals surface area contributed by atoms with E-state index in [1.165, 1.54) is 0 Å². The lowest BCUT2D eigenvalue weighted by atomic mass is 10.0. The molecule has 1 rings (SSSR count). The van der Waals surface area contributed by atoms with Gasteiger partial charge in [-0.1, -0.05) is 55.8 Å². The van der Waals surface area contributed by atoms with E-state index in [9.17, 15) is 0 Å². The van der Waals surface area contributed by atoms with Crippen molar-refractivity contribution in [2.24, 2.45) is 16.8 Å². The highest BCUT2D eigenvalue weighted by Crippen LogP contribution is 2.04. The maximum atomic E-state index is 5.88. The van der Waals surface area contributed by atoms with Gasteiger partial charge in [0, 0.05) is 6.04 Å². The molecule has 0 saturated heterocycles. The van der Waals surface area contributed by atoms with Gasteiger partial charge in [0.2, 0.25) is 0 Å². The summed E-state index contributed by atoms with van der Waals surface area (Å²) >= 11 is 0. The summed E-state index contributed by atoms with van der Waals surface area (Å²) in [6.07, 6.45) is 2.73. The van der Waals surface area contributed by atoms with Gasteiger partial charge in [0.05, 0.1) is 6.21 Å². The van der Waals surface area contributed by atoms with Gasteiger partial charge in [0.15, 0.2) is 0 Å². The molecule has 0 radical (unpaired) electrons. The maximum absolute atomic E-state index is 5.88. The highest BCUT2D eigenvalue weighted by molar-refractivity contribution is 5.63. The van der Waals surface area contributed by atoms with E-state index in [2.05, 4.69) is 19.0 Å². The Balaban J connectivity index is 2.27. The molecule has 0 amide bonds. The lowest BCUT2D eigenvalue weighted by molar-refractivity contribution is 0.131. The van der Waals surface area contributed by atoms with E-state index in [0.29, 0.717) is 12.5 Å². The van der Waals surface area contributed by atoms with Gasteiger partial charge >= 0.3 is 0 Å². The van der Waals surface area contributed by atoms with Gasteiger partial charge in [0.25, 0.3) is 0 Å². The molecule has 0 heterocycles. The van der Waals surface area contributed by atoms with Crippen LogP contribution in [0.15, 0.2) is 35.5 Å². The third-order valence-corrected chi connectivity index (χ3v) is 2.68. The fourth-order valence-electron chi connectivity index (χ4n) is 1.22. The maximum Gasteiger partial charge on any atom is 0.142 e. The normalized spacial score (nSPS) is 14.9. The van der Waals surface area contributed by atoms with Crippen LogP contribution in [0.5, 0.6) is 0 Å². The Hall–Kier alpha value is -1.35. The zero-order chi connectivity index (χ0) is 11.8. The number of nitrogens with zero attached hydrogens (tertiary/aromatic N) is 1. The zero-order valence-electron chi connectivity index (χ0n) is 9.97. The zero-order valence-corrected chi connectivity index (χ0v) is 9.97. The van der Waals surface area contributed by atoms with Crippen LogP contribution in [-0.2, 0) is 11.4 Å². The summed E-state index contributed by atoms with van der Waals surface area (Å²) in [5, 5.41) is 3.89. The molecule has 1 aromatic carbocycles. The molecule has 1 aromatic rings. The summed E-state index contributed by atoms with van der Waals surface area (Å²) in [6, 6.07) is 9.92. The van der Waals surface area contributed by atoms with E-state index < -0.39 is 0 Å². The van der Waals surface area contributed by atoms with Crippen molar-refractivity contribution < 1.29 is 4.84 Å². The minimum absolute atomic E-state index is 0.0271. The first-order valence-electron chi connectivity index (χ1n) is 5.69. The lowest BCUT2D eigenvalue weighted by Gasteiger charge is -2.12. The molecular formula is C13H20N2O. The molecule has 2 atom stereocenters. The number of nitrogens with two attached hydrogens (primary N) is 1. The van der Waals surface area contributed by atoms with Crippen molar-refractivity contribution in [3.63, 3.8) is 0 Å². The molecule has 0 fully saturated rings. The van der Waals surface area contributed by atoms with Crippen LogP contribution in [0.25, 0.3) is 0 Å². The first kappa shape index (κ1) is 12.7. The summed E-state index contributed by atoms with van der Waals surface area (Å²) in [5.74, 6) is 0.434. The molecule has 3 nitrogen and oxygen atoms in total. The average molecular weight is 220 g/mol. The summed E-state index contributed by atoms with van der Waals surface area (Å²) in [7, 11) is 0. The molecule has 88 valence electrons. The van der Waals surface area contributed by atoms with E-state index in [1.54, 1.807) is 6.21 Å². The van der Waals surface area contributed by atoms with E-state index in [-0.39, 0.29) is 6.04 Å². The molecule has 16 heavy (non-hydrogen) atoms. The molecule has 3 heteroatoms. The minimum atomic E-state index is -0.0271. The Morgan fingerprint density at radius 2 is 2.06 bits per heavy atom. The standard InChI is InChI=1S/C13H20N2O/c1-3-11(2)13(14)9-15-16-10-12-7-5-4-6-8-12/h4-9,11,13H,3,10,14H2,1-2H3/t11-,13+/m0/s1. The van der Waals surface area contributed by atoms with Crippen molar-refractivity contribution in [2.75, 3.05) is 0 Å². The van der Waals surface area contributed by atoms with Crippen LogP contribution in [0.2, 0.25) is 0 Å². The van der Waals surface area contributed by atoms with Crippen molar-refractivity contribution in [2.45, 2.75) is 32.9 Å². The van der Waals surface area contributed by atoms with Crippen LogP contribution in [0.1, 0.15) is 25.8 Å². The smallest absolute Gasteiger partial charge is 0.142 e. The predicted octanol–water partition coefficient (Wildman–Crippen LogP) is 2.56. The Morgan fingerprint density at radius 3 is 2.69 bits per heavy atom. The largest absolute Gasteiger partial charge is 0.391 e. The quantitative estimate of drug-likeness (QED) is 0.591. The van der Waals surface area contributed by atoms with E-state index in [4.69, 9.17) is 10.6 Å². The SMILES string of the molecule is CC[C@H](C)[C@H](N)C=NOCc1ccccc1. The minimum Gasteiger partial charge on any atom is -0.391 e. The number of rotatable bonds is 6. The van der Waals surface area contributed by atoms with Gasteiger partial charge in [-0.25, -0.2) is 0 Å². The Morgan fingerprint density at radius 1 is 1.38 bits per heavy atom. The first-order valence-corrected chi connectivity index (χ1v) is 5.69. The monoisotopic (exact) mass is 220 g/mol. The Kier molecular flexibility index (Phi) is 5.57. The molecule has 0 aromatic heterocycles. The van der Waals surface area contributed by atoms with Crippen LogP contribution < -0.4 is 5.73 Å². The van der Waals surface area contributed by atoms with Crippen LogP contribution in [-0.4, -0.2) is 12.3 Å². The number of benzene rings is 1. The number of hydrogen-bond donors (Lipinski definition) is 1. The predicted molar refractivity (Wildman–Crippen MR) is 67.2 cm³/mol. The van der Waals surface area contributed by atoms with Crippen molar-refractivity contribution in [1.82, 2.24) is 0 Å². The second kappa shape index (κ2) is 7.01. The van der Waals surface area contributed by atoms with Gasteiger partial charge < -0.3 is 10.6 Å². The summed E-state index contributed by atoms with van der Waals surface area (Å²) in [4.78, 5) is 5.17. The van der Waals surface area contributed by atoms with Gasteiger partial charge in [-0.3, -0.25) is 0 Å². The van der Waals surface area contributed by atoms with Crippen LogP contribution in [0, 0.1) is 5.92 Å². The second-order valence-corrected chi connectivity index (χ2v) is 3.98. The van der Waals surface area contributed by atoms with Crippen molar-refractivity contribution in [1.29, 1.82) is 0 Å². The van der Waals surface area contributed by atoms with Gasteiger partial charge in [-0.05, 0) is 11.5 Å². The fraction of sp³-hybridized carbons (Fsp3) is 0.462. The molecule has 0 saturated carbocycles. The molecule has 0 bridgehead atoms. The van der Waals surface area contributed by atoms with Crippen LogP contribution in [0.4, 0.5) is 0 Å². The molecule has 0 unspecified atom stereocenters. The lowest BCUT2D eigenvalue weighted by Crippen LogP contribution is -2.29. The fourth-order valence-corrected chi connectivity index (χ4v) is 1.22. The Bertz CT molecular complexity index is 311. The van der Waals surface area contributed by atoms with Crippen molar-refractivity contribution in [3.05, 3.63) is 35.9 Å². The van der Waals surface area contributed by atoms with Gasteiger partial charge in [0.1, 0.15) is 6.61 Å². The second-order valence-electron chi connectivity index (χ2n) is 3.98. The molecular weight excluding hydrogens is 200 g/mol. The average Bonchev–Trinajstić information content (AvgIpc) is 2.34. The van der Waals surface area contributed by atoms with Gasteiger partial charge in [-0.15, -0.1) is 0 Å². The molecule has 0 aliphatic carbocycles. The number of hydrogen-bond acceptors (Lipinski definition) is 3. The third kappa shape index (κ3) is 4.45. The van der Waals surface area contributed by atoms with E-state index >= 15 is 0 Å². The number of oxime groups is 1. The molecule has 0 aliphatic rings. The van der Waals surface area contributed by atoms with Gasteiger partial charge in [-0.2, -0.15) is 0 Å². The van der Waals surface area contributed by atoms with E-state index in [1.807, 2.05) is 30.3 Å². The van der Waals surface area contributed by atoms with Crippen molar-refractivity contribution in [3.8, 4) is 0 Å². The first-order chi connectivity index (χ1) is 7.74. The third-order valence-electron chi connectivity index (χ3n) is 2.68. The van der Waals surface area contributed by atoms with E-state index in [0.717, 1.165) is 12.0 Å². The molecule has 0 spiro atoms. The highest BCUT2D eigenvalue weighted by atomic mass is 16.6. The Labute approximate surface area is 97.3 Å². The summed E-state index contributed by atoms with van der Waals surface area (Å²) < 4.78 is 0. The van der Waals surface area contributed by atoms with Crippen molar-refractivity contribution >= 4 is 6.21 Å².